The molecule has 1 rings (SSSR count). The SMILES string of the molecule is CC(C)(C)C(=O)n1[nH]c(=O)cc1CN. The maximum atomic E-state index is 11.8. The number of carbonyl (C=O) groups is 1. The number of nitrogens with zero attached hydrogens (tertiary/aromatic N) is 1. The lowest BCUT2D eigenvalue weighted by atomic mass is 9.96. The van der Waals surface area contributed by atoms with Gasteiger partial charge in [0.15, 0.2) is 0 Å². The number of nitrogens with two attached hydrogens (primary N) is 1. The highest BCUT2D eigenvalue weighted by molar-refractivity contribution is 5.83. The van der Waals surface area contributed by atoms with E-state index in [1.54, 1.807) is 20.8 Å². The number of aromatic nitrogens is 2. The van der Waals surface area contributed by atoms with Crippen molar-refractivity contribution in [2.24, 2.45) is 11.1 Å². The van der Waals surface area contributed by atoms with Crippen LogP contribution in [0.5, 0.6) is 0 Å². The van der Waals surface area contributed by atoms with Gasteiger partial charge in [-0.2, -0.15) is 0 Å². The smallest absolute Gasteiger partial charge is 0.264 e. The third-order valence-corrected chi connectivity index (χ3v) is 1.86. The van der Waals surface area contributed by atoms with E-state index in [-0.39, 0.29) is 18.0 Å². The summed E-state index contributed by atoms with van der Waals surface area (Å²) in [5.41, 5.74) is 5.08. The van der Waals surface area contributed by atoms with Crippen molar-refractivity contribution >= 4 is 5.91 Å². The summed E-state index contributed by atoms with van der Waals surface area (Å²) in [5, 5.41) is 2.43. The second-order valence-corrected chi connectivity index (χ2v) is 4.21. The maximum absolute atomic E-state index is 11.8. The molecule has 1 aromatic heterocycles. The van der Waals surface area contributed by atoms with Crippen LogP contribution in [0.25, 0.3) is 0 Å². The highest BCUT2D eigenvalue weighted by Gasteiger charge is 2.25. The molecule has 1 heterocycles. The fourth-order valence-corrected chi connectivity index (χ4v) is 1.10. The summed E-state index contributed by atoms with van der Waals surface area (Å²) in [4.78, 5) is 22.8. The van der Waals surface area contributed by atoms with Crippen molar-refractivity contribution in [3.8, 4) is 0 Å². The number of hydrogen-bond acceptors (Lipinski definition) is 3. The summed E-state index contributed by atoms with van der Waals surface area (Å²) in [7, 11) is 0. The zero-order valence-electron chi connectivity index (χ0n) is 8.63. The molecule has 0 saturated carbocycles. The molecule has 3 N–H and O–H groups in total. The average molecular weight is 197 g/mol. The lowest BCUT2D eigenvalue weighted by molar-refractivity contribution is 0.0744. The van der Waals surface area contributed by atoms with Crippen molar-refractivity contribution in [2.45, 2.75) is 27.3 Å². The average Bonchev–Trinajstić information content (AvgIpc) is 2.43. The Labute approximate surface area is 81.9 Å². The molecule has 0 aliphatic rings. The zero-order valence-corrected chi connectivity index (χ0v) is 8.63. The molecular formula is C9H15N3O2. The first-order chi connectivity index (χ1) is 6.36. The van der Waals surface area contributed by atoms with Crippen LogP contribution in [0, 0.1) is 5.41 Å². The first kappa shape index (κ1) is 10.7. The number of aromatic amines is 1. The van der Waals surface area contributed by atoms with Gasteiger partial charge in [-0.15, -0.1) is 0 Å². The lowest BCUT2D eigenvalue weighted by Gasteiger charge is -2.17. The Balaban J connectivity index is 3.19. The lowest BCUT2D eigenvalue weighted by Crippen LogP contribution is -2.30. The summed E-state index contributed by atoms with van der Waals surface area (Å²) in [6, 6.07) is 1.34. The molecule has 0 unspecified atom stereocenters. The van der Waals surface area contributed by atoms with Crippen LogP contribution in [0.4, 0.5) is 0 Å². The highest BCUT2D eigenvalue weighted by Crippen LogP contribution is 2.16. The molecule has 0 aliphatic carbocycles. The van der Waals surface area contributed by atoms with E-state index in [1.165, 1.54) is 10.7 Å². The maximum Gasteiger partial charge on any atom is 0.264 e. The molecule has 5 nitrogen and oxygen atoms in total. The Hall–Kier alpha value is -1.36. The van der Waals surface area contributed by atoms with Gasteiger partial charge in [-0.3, -0.25) is 14.7 Å². The largest absolute Gasteiger partial charge is 0.325 e. The van der Waals surface area contributed by atoms with Crippen molar-refractivity contribution in [3.05, 3.63) is 22.1 Å². The van der Waals surface area contributed by atoms with Gasteiger partial charge in [0.1, 0.15) is 0 Å². The zero-order chi connectivity index (χ0) is 10.9. The topological polar surface area (TPSA) is 80.9 Å². The number of nitrogens with one attached hydrogen (secondary N) is 1. The van der Waals surface area contributed by atoms with E-state index in [9.17, 15) is 9.59 Å². The van der Waals surface area contributed by atoms with E-state index >= 15 is 0 Å². The van der Waals surface area contributed by atoms with Gasteiger partial charge in [0.2, 0.25) is 0 Å². The summed E-state index contributed by atoms with van der Waals surface area (Å²) >= 11 is 0. The fraction of sp³-hybridized carbons (Fsp3) is 0.556. The van der Waals surface area contributed by atoms with E-state index in [1.807, 2.05) is 0 Å². The van der Waals surface area contributed by atoms with Crippen LogP contribution in [0.3, 0.4) is 0 Å². The molecule has 0 atom stereocenters. The van der Waals surface area contributed by atoms with E-state index in [0.717, 1.165) is 0 Å². The minimum atomic E-state index is -0.536. The van der Waals surface area contributed by atoms with Crippen LogP contribution in [0.15, 0.2) is 10.9 Å². The Morgan fingerprint density at radius 2 is 2.14 bits per heavy atom. The molecule has 0 fully saturated rings. The first-order valence-corrected chi connectivity index (χ1v) is 4.42. The standard InChI is InChI=1S/C9H15N3O2/c1-9(2,3)8(14)12-6(5-10)4-7(13)11-12/h4H,5,10H2,1-3H3,(H,11,13). The molecule has 14 heavy (non-hydrogen) atoms. The Bertz CT molecular complexity index is 395. The molecule has 0 saturated heterocycles. The van der Waals surface area contributed by atoms with Gasteiger partial charge in [-0.05, 0) is 0 Å². The highest BCUT2D eigenvalue weighted by atomic mass is 16.2. The summed E-state index contributed by atoms with van der Waals surface area (Å²) < 4.78 is 1.22. The van der Waals surface area contributed by atoms with Gasteiger partial charge in [-0.1, -0.05) is 20.8 Å². The van der Waals surface area contributed by atoms with Gasteiger partial charge >= 0.3 is 0 Å². The molecular weight excluding hydrogens is 182 g/mol. The van der Waals surface area contributed by atoms with Gasteiger partial charge in [0.05, 0.1) is 5.69 Å². The minimum absolute atomic E-state index is 0.167. The van der Waals surface area contributed by atoms with Gasteiger partial charge in [0, 0.05) is 18.0 Å². The van der Waals surface area contributed by atoms with Crippen LogP contribution < -0.4 is 11.3 Å². The van der Waals surface area contributed by atoms with Crippen molar-refractivity contribution in [1.29, 1.82) is 0 Å². The molecule has 78 valence electrons. The van der Waals surface area contributed by atoms with Crippen LogP contribution in [0.1, 0.15) is 31.3 Å². The van der Waals surface area contributed by atoms with E-state index in [4.69, 9.17) is 5.73 Å². The quantitative estimate of drug-likeness (QED) is 0.680. The molecule has 5 heteroatoms. The van der Waals surface area contributed by atoms with Crippen molar-refractivity contribution < 1.29 is 4.79 Å². The van der Waals surface area contributed by atoms with Gasteiger partial charge in [0.25, 0.3) is 11.5 Å². The Kier molecular flexibility index (Phi) is 2.62. The fourth-order valence-electron chi connectivity index (χ4n) is 1.10. The second-order valence-electron chi connectivity index (χ2n) is 4.21. The number of carbonyl (C=O) groups excluding carboxylic acids is 1. The van der Waals surface area contributed by atoms with E-state index in [0.29, 0.717) is 5.69 Å². The monoisotopic (exact) mass is 197 g/mol. The van der Waals surface area contributed by atoms with Crippen molar-refractivity contribution in [3.63, 3.8) is 0 Å². The molecule has 0 bridgehead atoms. The third kappa shape index (κ3) is 1.93. The predicted octanol–water partition coefficient (Wildman–Crippen LogP) is 0.321. The van der Waals surface area contributed by atoms with Gasteiger partial charge < -0.3 is 5.73 Å². The van der Waals surface area contributed by atoms with E-state index in [2.05, 4.69) is 5.10 Å². The van der Waals surface area contributed by atoms with Crippen molar-refractivity contribution in [2.75, 3.05) is 0 Å². The van der Waals surface area contributed by atoms with Crippen LogP contribution in [0.2, 0.25) is 0 Å². The number of H-pyrrole nitrogens is 1. The molecule has 0 amide bonds. The molecule has 0 aliphatic heterocycles. The third-order valence-electron chi connectivity index (χ3n) is 1.86. The molecule has 0 radical (unpaired) electrons. The van der Waals surface area contributed by atoms with Crippen LogP contribution in [-0.2, 0) is 6.54 Å². The number of rotatable bonds is 1. The van der Waals surface area contributed by atoms with Crippen LogP contribution in [-0.4, -0.2) is 15.7 Å². The molecule has 0 spiro atoms. The molecule has 0 aromatic carbocycles. The minimum Gasteiger partial charge on any atom is -0.325 e. The van der Waals surface area contributed by atoms with E-state index < -0.39 is 5.41 Å². The normalized spacial score (nSPS) is 11.7. The molecule has 1 aromatic rings. The number of hydrogen-bond donors (Lipinski definition) is 2. The Morgan fingerprint density at radius 3 is 2.57 bits per heavy atom. The summed E-state index contributed by atoms with van der Waals surface area (Å²) in [6.07, 6.45) is 0. The predicted molar refractivity (Wildman–Crippen MR) is 53.0 cm³/mol. The summed E-state index contributed by atoms with van der Waals surface area (Å²) in [5.74, 6) is -0.167. The van der Waals surface area contributed by atoms with Crippen LogP contribution >= 0.6 is 0 Å². The summed E-state index contributed by atoms with van der Waals surface area (Å²) in [6.45, 7) is 5.52. The second kappa shape index (κ2) is 3.42. The van der Waals surface area contributed by atoms with Gasteiger partial charge in [-0.25, -0.2) is 4.68 Å². The Morgan fingerprint density at radius 1 is 1.57 bits per heavy atom. The first-order valence-electron chi connectivity index (χ1n) is 4.42. The van der Waals surface area contributed by atoms with Crippen molar-refractivity contribution in [1.82, 2.24) is 9.78 Å².